The molecule has 0 aliphatic rings. The van der Waals surface area contributed by atoms with E-state index >= 15 is 0 Å². The standard InChI is InChI=1S/C11H14N4S/c1-15-9(2-6-14-15)4-7-16-11-3-5-13-8-10(11)12/h2-3,5-6,8H,4,7,12H2,1H3. The van der Waals surface area contributed by atoms with Crippen molar-refractivity contribution < 1.29 is 0 Å². The van der Waals surface area contributed by atoms with Crippen molar-refractivity contribution in [3.63, 3.8) is 0 Å². The van der Waals surface area contributed by atoms with E-state index in [1.807, 2.05) is 30.1 Å². The van der Waals surface area contributed by atoms with Crippen LogP contribution in [0.2, 0.25) is 0 Å². The lowest BCUT2D eigenvalue weighted by Gasteiger charge is -2.04. The Hall–Kier alpha value is -1.49. The van der Waals surface area contributed by atoms with Gasteiger partial charge in [-0.1, -0.05) is 0 Å². The molecule has 2 aromatic rings. The van der Waals surface area contributed by atoms with E-state index in [1.165, 1.54) is 5.69 Å². The highest BCUT2D eigenvalue weighted by atomic mass is 32.2. The van der Waals surface area contributed by atoms with E-state index in [4.69, 9.17) is 5.73 Å². The molecule has 0 aromatic carbocycles. The number of nitrogens with two attached hydrogens (primary N) is 1. The molecule has 84 valence electrons. The fourth-order valence-corrected chi connectivity index (χ4v) is 2.35. The van der Waals surface area contributed by atoms with Gasteiger partial charge in [-0.2, -0.15) is 5.10 Å². The van der Waals surface area contributed by atoms with Crippen LogP contribution in [-0.2, 0) is 13.5 Å². The number of anilines is 1. The maximum absolute atomic E-state index is 5.81. The molecule has 0 unspecified atom stereocenters. The second-order valence-corrected chi connectivity index (χ2v) is 4.59. The van der Waals surface area contributed by atoms with Gasteiger partial charge in [-0.15, -0.1) is 11.8 Å². The summed E-state index contributed by atoms with van der Waals surface area (Å²) in [5.74, 6) is 0.994. The summed E-state index contributed by atoms with van der Waals surface area (Å²) in [5.41, 5.74) is 7.79. The number of thioether (sulfide) groups is 1. The van der Waals surface area contributed by atoms with Crippen LogP contribution in [0.25, 0.3) is 0 Å². The van der Waals surface area contributed by atoms with Gasteiger partial charge < -0.3 is 5.73 Å². The maximum atomic E-state index is 5.81. The zero-order valence-electron chi connectivity index (χ0n) is 9.13. The van der Waals surface area contributed by atoms with Crippen LogP contribution in [0.15, 0.2) is 35.6 Å². The number of pyridine rings is 1. The largest absolute Gasteiger partial charge is 0.397 e. The normalized spacial score (nSPS) is 10.6. The molecule has 0 aliphatic heterocycles. The number of aromatic nitrogens is 3. The van der Waals surface area contributed by atoms with Crippen LogP contribution >= 0.6 is 11.8 Å². The van der Waals surface area contributed by atoms with E-state index in [0.29, 0.717) is 0 Å². The lowest BCUT2D eigenvalue weighted by Crippen LogP contribution is -1.99. The first-order valence-corrected chi connectivity index (χ1v) is 6.05. The van der Waals surface area contributed by atoms with Gasteiger partial charge in [-0.05, 0) is 18.6 Å². The van der Waals surface area contributed by atoms with Gasteiger partial charge in [0.15, 0.2) is 0 Å². The Bertz CT molecular complexity index is 467. The molecule has 0 radical (unpaired) electrons. The fourth-order valence-electron chi connectivity index (χ4n) is 1.44. The third kappa shape index (κ3) is 2.55. The average molecular weight is 234 g/mol. The summed E-state index contributed by atoms with van der Waals surface area (Å²) in [7, 11) is 1.96. The fraction of sp³-hybridized carbons (Fsp3) is 0.273. The zero-order chi connectivity index (χ0) is 11.4. The van der Waals surface area contributed by atoms with Crippen molar-refractivity contribution in [1.29, 1.82) is 0 Å². The summed E-state index contributed by atoms with van der Waals surface area (Å²) < 4.78 is 1.90. The Morgan fingerprint density at radius 1 is 1.38 bits per heavy atom. The second-order valence-electron chi connectivity index (χ2n) is 3.46. The minimum Gasteiger partial charge on any atom is -0.397 e. The van der Waals surface area contributed by atoms with Crippen LogP contribution in [0, 0.1) is 0 Å². The highest BCUT2D eigenvalue weighted by Gasteiger charge is 2.01. The molecule has 2 rings (SSSR count). The Kier molecular flexibility index (Phi) is 3.46. The highest BCUT2D eigenvalue weighted by Crippen LogP contribution is 2.23. The predicted octanol–water partition coefficient (Wildman–Crippen LogP) is 1.73. The molecule has 2 heterocycles. The van der Waals surface area contributed by atoms with Crippen LogP contribution < -0.4 is 5.73 Å². The van der Waals surface area contributed by atoms with E-state index in [0.717, 1.165) is 22.8 Å². The van der Waals surface area contributed by atoms with Crippen LogP contribution in [0.4, 0.5) is 5.69 Å². The Morgan fingerprint density at radius 3 is 2.94 bits per heavy atom. The first-order valence-electron chi connectivity index (χ1n) is 5.06. The SMILES string of the molecule is Cn1nccc1CCSc1ccncc1N. The van der Waals surface area contributed by atoms with Gasteiger partial charge >= 0.3 is 0 Å². The number of nitrogens with zero attached hydrogens (tertiary/aromatic N) is 3. The van der Waals surface area contributed by atoms with Gasteiger partial charge in [0.2, 0.25) is 0 Å². The lowest BCUT2D eigenvalue weighted by molar-refractivity contribution is 0.720. The van der Waals surface area contributed by atoms with Crippen LogP contribution in [0.1, 0.15) is 5.69 Å². The second kappa shape index (κ2) is 5.03. The van der Waals surface area contributed by atoms with E-state index in [9.17, 15) is 0 Å². The molecule has 0 amide bonds. The van der Waals surface area contributed by atoms with Gasteiger partial charge in [0.1, 0.15) is 0 Å². The summed E-state index contributed by atoms with van der Waals surface area (Å²) >= 11 is 1.75. The Balaban J connectivity index is 1.89. The molecule has 2 N–H and O–H groups in total. The van der Waals surface area contributed by atoms with Crippen molar-refractivity contribution in [3.05, 3.63) is 36.4 Å². The van der Waals surface area contributed by atoms with Gasteiger partial charge in [0.25, 0.3) is 0 Å². The van der Waals surface area contributed by atoms with Crippen molar-refractivity contribution in [2.45, 2.75) is 11.3 Å². The molecular formula is C11H14N4S. The van der Waals surface area contributed by atoms with E-state index in [1.54, 1.807) is 24.2 Å². The zero-order valence-corrected chi connectivity index (χ0v) is 9.94. The molecule has 0 atom stereocenters. The quantitative estimate of drug-likeness (QED) is 0.819. The Morgan fingerprint density at radius 2 is 2.25 bits per heavy atom. The smallest absolute Gasteiger partial charge is 0.0638 e. The van der Waals surface area contributed by atoms with Gasteiger partial charge in [0.05, 0.1) is 11.9 Å². The summed E-state index contributed by atoms with van der Waals surface area (Å²) in [6.07, 6.45) is 6.26. The number of rotatable bonds is 4. The number of hydrogen-bond acceptors (Lipinski definition) is 4. The number of hydrogen-bond donors (Lipinski definition) is 1. The van der Waals surface area contributed by atoms with Crippen LogP contribution in [0.3, 0.4) is 0 Å². The topological polar surface area (TPSA) is 56.7 Å². The average Bonchev–Trinajstić information content (AvgIpc) is 2.67. The monoisotopic (exact) mass is 234 g/mol. The van der Waals surface area contributed by atoms with Crippen molar-refractivity contribution in [3.8, 4) is 0 Å². The maximum Gasteiger partial charge on any atom is 0.0638 e. The molecule has 0 fully saturated rings. The van der Waals surface area contributed by atoms with Crippen LogP contribution in [0.5, 0.6) is 0 Å². The molecule has 0 saturated carbocycles. The molecule has 0 spiro atoms. The van der Waals surface area contributed by atoms with Gasteiger partial charge in [-0.25, -0.2) is 0 Å². The minimum atomic E-state index is 0.748. The van der Waals surface area contributed by atoms with Crippen molar-refractivity contribution in [1.82, 2.24) is 14.8 Å². The highest BCUT2D eigenvalue weighted by molar-refractivity contribution is 7.99. The molecule has 4 nitrogen and oxygen atoms in total. The number of aryl methyl sites for hydroxylation is 2. The van der Waals surface area contributed by atoms with Crippen LogP contribution in [-0.4, -0.2) is 20.5 Å². The van der Waals surface area contributed by atoms with Crippen molar-refractivity contribution in [2.24, 2.45) is 7.05 Å². The molecule has 2 aromatic heterocycles. The van der Waals surface area contributed by atoms with Crippen molar-refractivity contribution >= 4 is 17.4 Å². The molecule has 5 heteroatoms. The predicted molar refractivity (Wildman–Crippen MR) is 66.3 cm³/mol. The van der Waals surface area contributed by atoms with Gasteiger partial charge in [0, 0.05) is 35.8 Å². The molecule has 0 saturated heterocycles. The first kappa shape index (κ1) is 11.0. The molecule has 0 bridgehead atoms. The van der Waals surface area contributed by atoms with Crippen molar-refractivity contribution in [2.75, 3.05) is 11.5 Å². The molecule has 16 heavy (non-hydrogen) atoms. The summed E-state index contributed by atoms with van der Waals surface area (Å²) in [6, 6.07) is 3.99. The minimum absolute atomic E-state index is 0.748. The third-order valence-corrected chi connectivity index (χ3v) is 3.44. The first-order chi connectivity index (χ1) is 7.77. The summed E-state index contributed by atoms with van der Waals surface area (Å²) in [6.45, 7) is 0. The molecule has 0 aliphatic carbocycles. The van der Waals surface area contributed by atoms with E-state index in [-0.39, 0.29) is 0 Å². The summed E-state index contributed by atoms with van der Waals surface area (Å²) in [5, 5.41) is 4.13. The summed E-state index contributed by atoms with van der Waals surface area (Å²) in [4.78, 5) is 5.06. The molecular weight excluding hydrogens is 220 g/mol. The van der Waals surface area contributed by atoms with E-state index < -0.39 is 0 Å². The van der Waals surface area contributed by atoms with E-state index in [2.05, 4.69) is 10.1 Å². The third-order valence-electron chi connectivity index (χ3n) is 2.35. The lowest BCUT2D eigenvalue weighted by atomic mass is 10.3. The van der Waals surface area contributed by atoms with Gasteiger partial charge in [-0.3, -0.25) is 9.67 Å². The number of nitrogen functional groups attached to an aromatic ring is 1. The Labute approximate surface area is 98.9 Å².